The Morgan fingerprint density at radius 2 is 2.00 bits per heavy atom. The van der Waals surface area contributed by atoms with E-state index in [9.17, 15) is 9.59 Å². The minimum atomic E-state index is -0.837. The average Bonchev–Trinajstić information content (AvgIpc) is 2.15. The van der Waals surface area contributed by atoms with Crippen molar-refractivity contribution in [2.24, 2.45) is 5.41 Å². The number of esters is 1. The Bertz CT molecular complexity index is 223. The van der Waals surface area contributed by atoms with E-state index in [0.29, 0.717) is 26.0 Å². The molecule has 13 heavy (non-hydrogen) atoms. The lowest BCUT2D eigenvalue weighted by Crippen LogP contribution is -2.53. The minimum Gasteiger partial charge on any atom is -0.465 e. The summed E-state index contributed by atoms with van der Waals surface area (Å²) in [4.78, 5) is 23.1. The molecule has 2 aliphatic heterocycles. The van der Waals surface area contributed by atoms with Gasteiger partial charge in [0, 0.05) is 6.54 Å². The Balaban J connectivity index is 2.23. The summed E-state index contributed by atoms with van der Waals surface area (Å²) in [6, 6.07) is 0. The summed E-state index contributed by atoms with van der Waals surface area (Å²) < 4.78 is 4.94. The van der Waals surface area contributed by atoms with Gasteiger partial charge in [-0.3, -0.25) is 9.59 Å². The number of hydrogen-bond donors (Lipinski definition) is 1. The summed E-state index contributed by atoms with van der Waals surface area (Å²) in [5, 5.41) is 2.73. The molecule has 0 saturated carbocycles. The first kappa shape index (κ1) is 8.53. The van der Waals surface area contributed by atoms with Crippen molar-refractivity contribution in [3.8, 4) is 0 Å². The first-order valence-electron chi connectivity index (χ1n) is 4.71. The number of ether oxygens (including phenoxy) is 1. The highest BCUT2D eigenvalue weighted by atomic mass is 16.5. The van der Waals surface area contributed by atoms with Crippen LogP contribution >= 0.6 is 0 Å². The lowest BCUT2D eigenvalue weighted by molar-refractivity contribution is -0.169. The summed E-state index contributed by atoms with van der Waals surface area (Å²) >= 11 is 0. The zero-order chi connectivity index (χ0) is 9.31. The minimum absolute atomic E-state index is 0.136. The zero-order valence-corrected chi connectivity index (χ0v) is 7.47. The molecule has 2 heterocycles. The fourth-order valence-electron chi connectivity index (χ4n) is 2.09. The van der Waals surface area contributed by atoms with E-state index in [-0.39, 0.29) is 11.9 Å². The molecule has 72 valence electrons. The van der Waals surface area contributed by atoms with Crippen molar-refractivity contribution < 1.29 is 14.3 Å². The van der Waals surface area contributed by atoms with Gasteiger partial charge in [-0.1, -0.05) is 0 Å². The molecule has 0 radical (unpaired) electrons. The molecule has 0 aromatic rings. The van der Waals surface area contributed by atoms with Gasteiger partial charge in [-0.25, -0.2) is 0 Å². The first-order valence-corrected chi connectivity index (χ1v) is 4.71. The predicted molar refractivity (Wildman–Crippen MR) is 44.9 cm³/mol. The van der Waals surface area contributed by atoms with Crippen LogP contribution in [0.2, 0.25) is 0 Å². The van der Waals surface area contributed by atoms with Gasteiger partial charge >= 0.3 is 5.97 Å². The number of rotatable bonds is 0. The molecule has 2 saturated heterocycles. The number of hydrogen-bond acceptors (Lipinski definition) is 3. The maximum atomic E-state index is 11.6. The Labute approximate surface area is 76.6 Å². The normalized spacial score (nSPS) is 34.2. The van der Waals surface area contributed by atoms with Crippen LogP contribution in [-0.4, -0.2) is 25.0 Å². The molecule has 1 N–H and O–H groups in total. The third kappa shape index (κ3) is 1.20. The summed E-state index contributed by atoms with van der Waals surface area (Å²) in [5.74, 6) is -0.459. The molecule has 4 heteroatoms. The topological polar surface area (TPSA) is 55.4 Å². The molecule has 1 spiro atoms. The summed E-state index contributed by atoms with van der Waals surface area (Å²) in [6.07, 6.45) is 2.98. The van der Waals surface area contributed by atoms with Crippen LogP contribution in [0.5, 0.6) is 0 Å². The molecule has 1 atom stereocenters. The number of piperidine rings is 1. The maximum absolute atomic E-state index is 11.6. The smallest absolute Gasteiger partial charge is 0.321 e. The highest BCUT2D eigenvalue weighted by molar-refractivity contribution is 6.03. The van der Waals surface area contributed by atoms with E-state index in [1.165, 1.54) is 0 Å². The quantitative estimate of drug-likeness (QED) is 0.431. The molecule has 0 aromatic carbocycles. The average molecular weight is 183 g/mol. The molecule has 2 fully saturated rings. The molecule has 0 unspecified atom stereocenters. The van der Waals surface area contributed by atoms with E-state index in [4.69, 9.17) is 4.74 Å². The largest absolute Gasteiger partial charge is 0.465 e. The second-order valence-electron chi connectivity index (χ2n) is 3.68. The molecule has 0 aliphatic carbocycles. The predicted octanol–water partition coefficient (Wildman–Crippen LogP) is 0.220. The fourth-order valence-corrected chi connectivity index (χ4v) is 2.09. The van der Waals surface area contributed by atoms with Crippen LogP contribution in [0.25, 0.3) is 0 Å². The van der Waals surface area contributed by atoms with Gasteiger partial charge in [-0.15, -0.1) is 0 Å². The van der Waals surface area contributed by atoms with Gasteiger partial charge in [0.1, 0.15) is 5.41 Å². The van der Waals surface area contributed by atoms with E-state index in [1.807, 2.05) is 0 Å². The van der Waals surface area contributed by atoms with Gasteiger partial charge in [-0.2, -0.15) is 0 Å². The molecular weight excluding hydrogens is 170 g/mol. The van der Waals surface area contributed by atoms with Crippen LogP contribution in [0.4, 0.5) is 0 Å². The second-order valence-corrected chi connectivity index (χ2v) is 3.68. The van der Waals surface area contributed by atoms with Gasteiger partial charge in [0.15, 0.2) is 0 Å². The molecule has 0 bridgehead atoms. The molecular formula is C9H13NO3. The van der Waals surface area contributed by atoms with Crippen LogP contribution in [0.15, 0.2) is 0 Å². The van der Waals surface area contributed by atoms with Crippen molar-refractivity contribution >= 4 is 11.9 Å². The van der Waals surface area contributed by atoms with Crippen molar-refractivity contribution in [1.29, 1.82) is 0 Å². The number of carbonyl (C=O) groups excluding carboxylic acids is 2. The van der Waals surface area contributed by atoms with Crippen molar-refractivity contribution in [1.82, 2.24) is 5.32 Å². The summed E-state index contributed by atoms with van der Waals surface area (Å²) in [6.45, 7) is 1.15. The molecule has 2 aliphatic rings. The Morgan fingerprint density at radius 3 is 2.69 bits per heavy atom. The molecule has 1 amide bonds. The van der Waals surface area contributed by atoms with E-state index >= 15 is 0 Å². The first-order chi connectivity index (χ1) is 6.26. The lowest BCUT2D eigenvalue weighted by atomic mass is 9.75. The van der Waals surface area contributed by atoms with Gasteiger partial charge in [0.2, 0.25) is 5.91 Å². The van der Waals surface area contributed by atoms with Gasteiger partial charge in [0.25, 0.3) is 0 Å². The highest BCUT2D eigenvalue weighted by Crippen LogP contribution is 2.36. The number of carbonyl (C=O) groups is 2. The van der Waals surface area contributed by atoms with E-state index in [0.717, 1.165) is 12.8 Å². The summed E-state index contributed by atoms with van der Waals surface area (Å²) in [7, 11) is 0. The highest BCUT2D eigenvalue weighted by Gasteiger charge is 2.49. The van der Waals surface area contributed by atoms with Crippen LogP contribution in [0.3, 0.4) is 0 Å². The van der Waals surface area contributed by atoms with Crippen molar-refractivity contribution in [2.45, 2.75) is 25.7 Å². The number of cyclic esters (lactones) is 1. The standard InChI is InChI=1S/C9H13NO3/c11-7-9(3-1-5-10-7)4-2-6-13-8(9)12/h1-6H2,(H,10,11)/t9-/m0/s1. The van der Waals surface area contributed by atoms with E-state index < -0.39 is 5.41 Å². The summed E-state index contributed by atoms with van der Waals surface area (Å²) in [5.41, 5.74) is -0.837. The van der Waals surface area contributed by atoms with Crippen LogP contribution < -0.4 is 5.32 Å². The second kappa shape index (κ2) is 3.01. The Hall–Kier alpha value is -1.06. The monoisotopic (exact) mass is 183 g/mol. The zero-order valence-electron chi connectivity index (χ0n) is 7.47. The van der Waals surface area contributed by atoms with Crippen molar-refractivity contribution in [3.05, 3.63) is 0 Å². The maximum Gasteiger partial charge on any atom is 0.321 e. The van der Waals surface area contributed by atoms with Crippen molar-refractivity contribution in [3.63, 3.8) is 0 Å². The number of amides is 1. The van der Waals surface area contributed by atoms with Gasteiger partial charge < -0.3 is 10.1 Å². The van der Waals surface area contributed by atoms with Gasteiger partial charge in [0.05, 0.1) is 6.61 Å². The van der Waals surface area contributed by atoms with Crippen molar-refractivity contribution in [2.75, 3.05) is 13.2 Å². The number of nitrogens with one attached hydrogen (secondary N) is 1. The lowest BCUT2D eigenvalue weighted by Gasteiger charge is -2.36. The van der Waals surface area contributed by atoms with Crippen LogP contribution in [-0.2, 0) is 14.3 Å². The van der Waals surface area contributed by atoms with E-state index in [2.05, 4.69) is 5.32 Å². The third-order valence-corrected chi connectivity index (χ3v) is 2.87. The molecule has 0 aromatic heterocycles. The van der Waals surface area contributed by atoms with Crippen LogP contribution in [0.1, 0.15) is 25.7 Å². The third-order valence-electron chi connectivity index (χ3n) is 2.87. The Morgan fingerprint density at radius 1 is 1.23 bits per heavy atom. The van der Waals surface area contributed by atoms with Gasteiger partial charge in [-0.05, 0) is 25.7 Å². The fraction of sp³-hybridized carbons (Fsp3) is 0.778. The SMILES string of the molecule is O=C1NCCC[C@]12CCCOC2=O. The Kier molecular flexibility index (Phi) is 1.98. The van der Waals surface area contributed by atoms with E-state index in [1.54, 1.807) is 0 Å². The molecule has 4 nitrogen and oxygen atoms in total. The van der Waals surface area contributed by atoms with Crippen LogP contribution in [0, 0.1) is 5.41 Å². The molecule has 2 rings (SSSR count).